The topological polar surface area (TPSA) is 115 Å². The molecule has 1 aromatic carbocycles. The van der Waals surface area contributed by atoms with E-state index in [0.717, 1.165) is 17.7 Å². The maximum Gasteiger partial charge on any atom is 0.410 e. The zero-order valence-corrected chi connectivity index (χ0v) is 22.4. The van der Waals surface area contributed by atoms with Crippen molar-refractivity contribution in [3.8, 4) is 11.5 Å². The average molecular weight is 514 g/mol. The van der Waals surface area contributed by atoms with Gasteiger partial charge in [-0.05, 0) is 55.7 Å². The summed E-state index contributed by atoms with van der Waals surface area (Å²) in [6.45, 7) is 8.59. The second-order valence-corrected chi connectivity index (χ2v) is 9.69. The van der Waals surface area contributed by atoms with Gasteiger partial charge < -0.3 is 19.0 Å². The number of hydrogen-bond donors (Lipinski definition) is 2. The lowest BCUT2D eigenvalue weighted by Crippen LogP contribution is -2.21. The number of carbonyl (C=O) groups excluding carboxylic acids is 2. The van der Waals surface area contributed by atoms with Crippen molar-refractivity contribution in [3.63, 3.8) is 0 Å². The molecule has 1 aromatic heterocycles. The molecule has 0 bridgehead atoms. The number of nitrogens with one attached hydrogen (secondary N) is 1. The molecule has 1 heterocycles. The number of hydrogen-bond acceptors (Lipinski definition) is 7. The first-order valence-electron chi connectivity index (χ1n) is 12.7. The van der Waals surface area contributed by atoms with Gasteiger partial charge in [0, 0.05) is 24.1 Å². The Morgan fingerprint density at radius 2 is 1.78 bits per heavy atom. The van der Waals surface area contributed by atoms with Crippen LogP contribution in [-0.4, -0.2) is 30.7 Å². The zero-order valence-electron chi connectivity index (χ0n) is 22.4. The summed E-state index contributed by atoms with van der Waals surface area (Å²) in [6.07, 6.45) is 6.04. The standard InChI is InChI=1S/C29H39NO7/c1-19(2)15-17-36-23-13-11-22(12-14-23)10-9-21(4)27(32)26-24(31)18-25(37-28(26)33)20(3)8-6-7-16-30-29(34)35-5/h7,11-14,16,18-21,31H,6,8-10,15,17H2,1-5H3,(H,30,34)/b16-7+. The van der Waals surface area contributed by atoms with Gasteiger partial charge in [0.15, 0.2) is 5.78 Å². The minimum atomic E-state index is -0.829. The van der Waals surface area contributed by atoms with Gasteiger partial charge >= 0.3 is 11.7 Å². The molecule has 2 aromatic rings. The van der Waals surface area contributed by atoms with Crippen LogP contribution in [0.1, 0.15) is 81.0 Å². The molecule has 2 unspecified atom stereocenters. The molecule has 8 nitrogen and oxygen atoms in total. The summed E-state index contributed by atoms with van der Waals surface area (Å²) >= 11 is 0. The normalized spacial score (nSPS) is 12.9. The fraction of sp³-hybridized carbons (Fsp3) is 0.483. The largest absolute Gasteiger partial charge is 0.507 e. The molecule has 0 aliphatic carbocycles. The van der Waals surface area contributed by atoms with Crippen LogP contribution in [0.2, 0.25) is 0 Å². The summed E-state index contributed by atoms with van der Waals surface area (Å²) in [5, 5.41) is 12.9. The van der Waals surface area contributed by atoms with Crippen molar-refractivity contribution in [2.75, 3.05) is 13.7 Å². The van der Waals surface area contributed by atoms with Crippen molar-refractivity contribution in [3.05, 3.63) is 69.9 Å². The number of amides is 1. The van der Waals surface area contributed by atoms with E-state index >= 15 is 0 Å². The molecule has 0 aliphatic rings. The lowest BCUT2D eigenvalue weighted by atomic mass is 9.93. The summed E-state index contributed by atoms with van der Waals surface area (Å²) in [5.74, 6) is 0.268. The number of allylic oxidation sites excluding steroid dienone is 1. The van der Waals surface area contributed by atoms with E-state index in [1.165, 1.54) is 19.4 Å². The smallest absolute Gasteiger partial charge is 0.410 e. The minimum absolute atomic E-state index is 0.180. The number of Topliss-reactive ketones (excluding diaryl/α,β-unsaturated/α-hetero) is 1. The molecule has 0 radical (unpaired) electrons. The Labute approximate surface area is 218 Å². The van der Waals surface area contributed by atoms with E-state index in [4.69, 9.17) is 9.15 Å². The number of benzene rings is 1. The highest BCUT2D eigenvalue weighted by Gasteiger charge is 2.25. The van der Waals surface area contributed by atoms with Gasteiger partial charge in [-0.3, -0.25) is 10.1 Å². The fourth-order valence-corrected chi connectivity index (χ4v) is 3.65. The Morgan fingerprint density at radius 3 is 2.41 bits per heavy atom. The van der Waals surface area contributed by atoms with E-state index in [1.54, 1.807) is 13.0 Å². The number of aryl methyl sites for hydroxylation is 1. The zero-order chi connectivity index (χ0) is 27.4. The van der Waals surface area contributed by atoms with Gasteiger partial charge in [0.25, 0.3) is 0 Å². The van der Waals surface area contributed by atoms with Gasteiger partial charge in [0.2, 0.25) is 0 Å². The van der Waals surface area contributed by atoms with E-state index in [-0.39, 0.29) is 17.2 Å². The molecular formula is C29H39NO7. The van der Waals surface area contributed by atoms with Crippen LogP contribution < -0.4 is 15.7 Å². The molecule has 0 saturated carbocycles. The van der Waals surface area contributed by atoms with Crippen LogP contribution in [-0.2, 0) is 11.2 Å². The van der Waals surface area contributed by atoms with E-state index in [2.05, 4.69) is 23.9 Å². The number of alkyl carbamates (subject to hydrolysis) is 1. The number of ketones is 1. The van der Waals surface area contributed by atoms with Crippen molar-refractivity contribution in [1.29, 1.82) is 0 Å². The lowest BCUT2D eigenvalue weighted by Gasteiger charge is -2.14. The molecule has 2 rings (SSSR count). The summed E-state index contributed by atoms with van der Waals surface area (Å²) < 4.78 is 15.6. The van der Waals surface area contributed by atoms with Crippen LogP contribution >= 0.6 is 0 Å². The summed E-state index contributed by atoms with van der Waals surface area (Å²) in [5.41, 5.74) is -0.0730. The third kappa shape index (κ3) is 9.79. The quantitative estimate of drug-likeness (QED) is 0.299. The van der Waals surface area contributed by atoms with Gasteiger partial charge in [-0.15, -0.1) is 0 Å². The minimum Gasteiger partial charge on any atom is -0.507 e. The summed E-state index contributed by atoms with van der Waals surface area (Å²) in [4.78, 5) is 36.6. The highest BCUT2D eigenvalue weighted by molar-refractivity contribution is 5.99. The lowest BCUT2D eigenvalue weighted by molar-refractivity contribution is 0.0916. The summed E-state index contributed by atoms with van der Waals surface area (Å²) in [6, 6.07) is 9.15. The van der Waals surface area contributed by atoms with Crippen molar-refractivity contribution in [1.82, 2.24) is 5.32 Å². The molecule has 8 heteroatoms. The molecule has 1 amide bonds. The number of carbonyl (C=O) groups is 2. The predicted molar refractivity (Wildman–Crippen MR) is 142 cm³/mol. The Balaban J connectivity index is 1.92. The van der Waals surface area contributed by atoms with Crippen molar-refractivity contribution in [2.24, 2.45) is 11.8 Å². The molecule has 2 atom stereocenters. The monoisotopic (exact) mass is 513 g/mol. The van der Waals surface area contributed by atoms with Gasteiger partial charge in [-0.25, -0.2) is 9.59 Å². The molecule has 0 spiro atoms. The number of rotatable bonds is 14. The molecule has 2 N–H and O–H groups in total. The SMILES string of the molecule is COC(=O)N/C=C/CCC(C)c1cc(O)c(C(=O)C(C)CCc2ccc(OCCC(C)C)cc2)c(=O)o1. The van der Waals surface area contributed by atoms with Gasteiger partial charge in [0.05, 0.1) is 13.7 Å². The molecular weight excluding hydrogens is 474 g/mol. The molecule has 0 saturated heterocycles. The third-order valence-electron chi connectivity index (χ3n) is 6.15. The maximum atomic E-state index is 12.9. The van der Waals surface area contributed by atoms with Crippen molar-refractivity contribution in [2.45, 2.75) is 65.7 Å². The predicted octanol–water partition coefficient (Wildman–Crippen LogP) is 5.98. The maximum absolute atomic E-state index is 12.9. The van der Waals surface area contributed by atoms with Crippen LogP contribution in [0.25, 0.3) is 0 Å². The molecule has 37 heavy (non-hydrogen) atoms. The van der Waals surface area contributed by atoms with Crippen LogP contribution in [0.5, 0.6) is 11.5 Å². The highest BCUT2D eigenvalue weighted by Crippen LogP contribution is 2.27. The van der Waals surface area contributed by atoms with Crippen LogP contribution in [0.3, 0.4) is 0 Å². The van der Waals surface area contributed by atoms with E-state index in [9.17, 15) is 19.5 Å². The van der Waals surface area contributed by atoms with Crippen molar-refractivity contribution >= 4 is 11.9 Å². The van der Waals surface area contributed by atoms with Gasteiger partial charge in [-0.2, -0.15) is 0 Å². The van der Waals surface area contributed by atoms with E-state index in [1.807, 2.05) is 31.2 Å². The Kier molecular flexibility index (Phi) is 11.9. The number of aromatic hydroxyl groups is 1. The second kappa shape index (κ2) is 14.9. The fourth-order valence-electron chi connectivity index (χ4n) is 3.65. The first kappa shape index (κ1) is 29.7. The third-order valence-corrected chi connectivity index (χ3v) is 6.15. The van der Waals surface area contributed by atoms with Crippen LogP contribution in [0, 0.1) is 11.8 Å². The van der Waals surface area contributed by atoms with Crippen molar-refractivity contribution < 1.29 is 28.6 Å². The second-order valence-electron chi connectivity index (χ2n) is 9.69. The highest BCUT2D eigenvalue weighted by atomic mass is 16.5. The Hall–Kier alpha value is -3.55. The molecule has 202 valence electrons. The first-order valence-corrected chi connectivity index (χ1v) is 12.7. The summed E-state index contributed by atoms with van der Waals surface area (Å²) in [7, 11) is 1.28. The van der Waals surface area contributed by atoms with E-state index in [0.29, 0.717) is 44.0 Å². The van der Waals surface area contributed by atoms with Crippen LogP contribution in [0.4, 0.5) is 4.79 Å². The van der Waals surface area contributed by atoms with Gasteiger partial charge in [0.1, 0.15) is 22.8 Å². The van der Waals surface area contributed by atoms with Crippen LogP contribution in [0.15, 0.2) is 51.8 Å². The molecule has 0 aliphatic heterocycles. The Bertz CT molecular complexity index is 1100. The number of ether oxygens (including phenoxy) is 2. The average Bonchev–Trinajstić information content (AvgIpc) is 2.86. The molecule has 0 fully saturated rings. The Morgan fingerprint density at radius 1 is 1.08 bits per heavy atom. The number of methoxy groups -OCH3 is 1. The first-order chi connectivity index (χ1) is 17.6. The van der Waals surface area contributed by atoms with Gasteiger partial charge in [-0.1, -0.05) is 45.9 Å². The van der Waals surface area contributed by atoms with E-state index < -0.39 is 23.4 Å².